The second-order valence-corrected chi connectivity index (χ2v) is 16.8. The van der Waals surface area contributed by atoms with Crippen LogP contribution in [-0.4, -0.2) is 67.2 Å². The van der Waals surface area contributed by atoms with E-state index >= 15 is 0 Å². The Morgan fingerprint density at radius 3 is 1.80 bits per heavy atom. The number of rotatable bonds is 19. The minimum Gasteiger partial charge on any atom is -0.462 e. The Kier molecular flexibility index (Phi) is 19.1. The van der Waals surface area contributed by atoms with E-state index in [-0.39, 0.29) is 26.1 Å². The van der Waals surface area contributed by atoms with Crippen LogP contribution < -0.4 is 5.32 Å². The predicted molar refractivity (Wildman–Crippen MR) is 163 cm³/mol. The van der Waals surface area contributed by atoms with Crippen LogP contribution in [0, 0.1) is 0 Å². The predicted octanol–water partition coefficient (Wildman–Crippen LogP) is 6.02. The van der Waals surface area contributed by atoms with Crippen molar-refractivity contribution in [2.75, 3.05) is 19.8 Å². The number of nitrogens with one attached hydrogen (secondary N) is 1. The van der Waals surface area contributed by atoms with Gasteiger partial charge < -0.3 is 33.3 Å². The summed E-state index contributed by atoms with van der Waals surface area (Å²) in [6, 6.07) is -1.27. The average Bonchev–Trinajstić information content (AvgIpc) is 2.81. The average molecular weight is 644 g/mol. The smallest absolute Gasteiger partial charge is 0.408 e. The lowest BCUT2D eigenvalue weighted by atomic mass is 10.2. The maximum atomic E-state index is 12.7. The van der Waals surface area contributed by atoms with Crippen LogP contribution in [0.15, 0.2) is 0 Å². The van der Waals surface area contributed by atoms with Crippen LogP contribution in [0.25, 0.3) is 0 Å². The largest absolute Gasteiger partial charge is 0.462 e. The van der Waals surface area contributed by atoms with Crippen molar-refractivity contribution in [2.24, 2.45) is 0 Å². The van der Waals surface area contributed by atoms with E-state index < -0.39 is 59.6 Å². The summed E-state index contributed by atoms with van der Waals surface area (Å²) >= 11 is 9.68. The zero-order chi connectivity index (χ0) is 31.7. The maximum Gasteiger partial charge on any atom is 0.408 e. The molecule has 14 heteroatoms. The highest BCUT2D eigenvalue weighted by Crippen LogP contribution is 2.53. The van der Waals surface area contributed by atoms with Gasteiger partial charge in [-0.05, 0) is 66.2 Å². The summed E-state index contributed by atoms with van der Waals surface area (Å²) in [7, 11) is 0. The molecule has 11 nitrogen and oxygen atoms in total. The molecule has 0 radical (unpaired) electrons. The molecule has 240 valence electrons. The van der Waals surface area contributed by atoms with Crippen LogP contribution in [0.1, 0.15) is 107 Å². The fraction of sp³-hybridized carbons (Fsp3) is 0.852. The van der Waals surface area contributed by atoms with Crippen molar-refractivity contribution in [3.05, 3.63) is 0 Å². The van der Waals surface area contributed by atoms with Gasteiger partial charge in [-0.25, -0.2) is 9.59 Å². The first-order chi connectivity index (χ1) is 18.9. The molecule has 0 spiro atoms. The van der Waals surface area contributed by atoms with E-state index in [0.29, 0.717) is 12.8 Å². The van der Waals surface area contributed by atoms with Gasteiger partial charge in [-0.2, -0.15) is 0 Å². The van der Waals surface area contributed by atoms with Gasteiger partial charge in [0.25, 0.3) is 0 Å². The minimum atomic E-state index is -3.32. The molecule has 41 heavy (non-hydrogen) atoms. The Bertz CT molecular complexity index is 873. The van der Waals surface area contributed by atoms with Crippen molar-refractivity contribution in [3.8, 4) is 0 Å². The van der Waals surface area contributed by atoms with Gasteiger partial charge in [-0.1, -0.05) is 51.8 Å². The van der Waals surface area contributed by atoms with Crippen LogP contribution in [0.2, 0.25) is 0 Å². The molecule has 1 amide bonds. The molecule has 0 saturated heterocycles. The number of carbonyl (C=O) groups is 4. The van der Waals surface area contributed by atoms with Crippen LogP contribution in [-0.2, 0) is 54.2 Å². The molecule has 3 atom stereocenters. The standard InChI is InChI=1S/C27H50NO10PS2/c1-9-11-13-15-22(29)33-17-20(36-23(30)16-14-12-10-2)18-34-39(40,41)35-19-21(24(31)37-26(3,4)5)28-25(32)38-27(6,7)8/h20-21H,9-19H2,1-8H3,(H,28,32)(H,40,41)/t20-,21?/m1/s1. The van der Waals surface area contributed by atoms with E-state index in [1.807, 2.05) is 13.8 Å². The lowest BCUT2D eigenvalue weighted by Crippen LogP contribution is -2.48. The number of hydrogen-bond acceptors (Lipinski definition) is 11. The van der Waals surface area contributed by atoms with E-state index in [2.05, 4.69) is 17.6 Å². The van der Waals surface area contributed by atoms with E-state index in [4.69, 9.17) is 39.8 Å². The van der Waals surface area contributed by atoms with Crippen LogP contribution in [0.5, 0.6) is 0 Å². The molecule has 0 aliphatic rings. The topological polar surface area (TPSA) is 136 Å². The van der Waals surface area contributed by atoms with Gasteiger partial charge in [-0.3, -0.25) is 9.59 Å². The highest BCUT2D eigenvalue weighted by molar-refractivity contribution is 8.60. The zero-order valence-electron chi connectivity index (χ0n) is 25.8. The van der Waals surface area contributed by atoms with Crippen molar-refractivity contribution in [1.29, 1.82) is 0 Å². The molecule has 0 aromatic heterocycles. The Balaban J connectivity index is 5.31. The van der Waals surface area contributed by atoms with Gasteiger partial charge in [0.15, 0.2) is 12.1 Å². The quantitative estimate of drug-likeness (QED) is 0.0562. The molecular weight excluding hydrogens is 593 g/mol. The summed E-state index contributed by atoms with van der Waals surface area (Å²) in [5.74, 6) is -1.62. The molecule has 0 aliphatic carbocycles. The van der Waals surface area contributed by atoms with Crippen molar-refractivity contribution in [2.45, 2.75) is 130 Å². The van der Waals surface area contributed by atoms with Gasteiger partial charge in [0.1, 0.15) is 17.8 Å². The van der Waals surface area contributed by atoms with Crippen molar-refractivity contribution in [3.63, 3.8) is 0 Å². The van der Waals surface area contributed by atoms with Gasteiger partial charge in [0.05, 0.1) is 13.2 Å². The Hall–Kier alpha value is -1.40. The molecule has 0 heterocycles. The molecule has 0 rings (SSSR count). The monoisotopic (exact) mass is 643 g/mol. The van der Waals surface area contributed by atoms with Gasteiger partial charge >= 0.3 is 24.0 Å². The number of alkyl carbamates (subject to hydrolysis) is 1. The number of thiol groups is 1. The summed E-state index contributed by atoms with van der Waals surface area (Å²) in [4.78, 5) is 49.5. The SMILES string of the molecule is CCCCCC(=O)OC[C@H](COP(=S)(S)OCC(NC(=O)OC(C)(C)C)C(=O)OC(C)(C)C)OC(=O)CCCCC. The highest BCUT2D eigenvalue weighted by atomic mass is 32.9. The van der Waals surface area contributed by atoms with Crippen LogP contribution in [0.3, 0.4) is 0 Å². The number of amides is 1. The van der Waals surface area contributed by atoms with E-state index in [9.17, 15) is 19.2 Å². The third kappa shape index (κ3) is 22.8. The summed E-state index contributed by atoms with van der Waals surface area (Å²) in [5.41, 5.74) is -4.94. The van der Waals surface area contributed by atoms with E-state index in [1.165, 1.54) is 0 Å². The first kappa shape index (κ1) is 39.6. The third-order valence-electron chi connectivity index (χ3n) is 4.91. The van der Waals surface area contributed by atoms with Gasteiger partial charge in [0, 0.05) is 12.8 Å². The van der Waals surface area contributed by atoms with Crippen molar-refractivity contribution in [1.82, 2.24) is 5.32 Å². The number of unbranched alkanes of at least 4 members (excludes halogenated alkanes) is 4. The van der Waals surface area contributed by atoms with Gasteiger partial charge in [0.2, 0.25) is 5.69 Å². The molecule has 2 unspecified atom stereocenters. The Labute approximate surface area is 255 Å². The Morgan fingerprint density at radius 1 is 0.780 bits per heavy atom. The second-order valence-electron chi connectivity index (χ2n) is 11.5. The summed E-state index contributed by atoms with van der Waals surface area (Å²) in [6.07, 6.45) is 3.77. The summed E-state index contributed by atoms with van der Waals surface area (Å²) in [5, 5.41) is 2.43. The van der Waals surface area contributed by atoms with Crippen molar-refractivity contribution < 1.29 is 47.2 Å². The van der Waals surface area contributed by atoms with Crippen molar-refractivity contribution >= 4 is 53.8 Å². The van der Waals surface area contributed by atoms with E-state index in [0.717, 1.165) is 25.7 Å². The molecule has 1 N–H and O–H groups in total. The molecule has 0 bridgehead atoms. The minimum absolute atomic E-state index is 0.214. The Morgan fingerprint density at radius 2 is 1.29 bits per heavy atom. The fourth-order valence-electron chi connectivity index (χ4n) is 3.03. The van der Waals surface area contributed by atoms with E-state index in [1.54, 1.807) is 41.5 Å². The van der Waals surface area contributed by atoms with Crippen LogP contribution >= 0.6 is 17.9 Å². The fourth-order valence-corrected chi connectivity index (χ4v) is 4.56. The molecule has 0 aliphatic heterocycles. The molecule has 0 aromatic carbocycles. The first-order valence-electron chi connectivity index (χ1n) is 14.1. The zero-order valence-corrected chi connectivity index (χ0v) is 28.4. The third-order valence-corrected chi connectivity index (χ3v) is 7.18. The van der Waals surface area contributed by atoms with Gasteiger partial charge in [-0.15, -0.1) is 0 Å². The maximum absolute atomic E-state index is 12.7. The number of ether oxygens (including phenoxy) is 4. The number of hydrogen-bond donors (Lipinski definition) is 2. The first-order valence-corrected chi connectivity index (χ1v) is 17.9. The molecule has 0 aromatic rings. The van der Waals surface area contributed by atoms with Crippen LogP contribution in [0.4, 0.5) is 4.79 Å². The highest BCUT2D eigenvalue weighted by Gasteiger charge is 2.31. The summed E-state index contributed by atoms with van der Waals surface area (Å²) in [6.45, 7) is 13.3. The normalized spacial score (nSPS) is 14.8. The number of esters is 3. The lowest BCUT2D eigenvalue weighted by Gasteiger charge is -2.27. The molecule has 0 fully saturated rings. The second kappa shape index (κ2) is 19.7. The lowest BCUT2D eigenvalue weighted by molar-refractivity contribution is -0.161. The molecule has 0 saturated carbocycles. The number of carbonyl (C=O) groups excluding carboxylic acids is 4. The summed E-state index contributed by atoms with van der Waals surface area (Å²) < 4.78 is 32.7. The molecular formula is C27H50NO10PS2.